The van der Waals surface area contributed by atoms with Crippen LogP contribution in [0.4, 0.5) is 0 Å². The van der Waals surface area contributed by atoms with Gasteiger partial charge in [-0.05, 0) is 28.2 Å². The smallest absolute Gasteiger partial charge is 0.334 e. The zero-order valence-corrected chi connectivity index (χ0v) is 9.06. The average molecular weight is 291 g/mol. The van der Waals surface area contributed by atoms with Gasteiger partial charge in [0.2, 0.25) is 0 Å². The molecule has 1 rings (SSSR count). The molecule has 1 unspecified atom stereocenters. The summed E-state index contributed by atoms with van der Waals surface area (Å²) in [4.78, 5) is 10.7. The van der Waals surface area contributed by atoms with Gasteiger partial charge in [-0.2, -0.15) is 0 Å². The van der Waals surface area contributed by atoms with Crippen molar-refractivity contribution < 1.29 is 9.90 Å². The summed E-state index contributed by atoms with van der Waals surface area (Å²) in [5.41, 5.74) is 6.51. The Morgan fingerprint density at radius 3 is 2.46 bits per heavy atom. The van der Waals surface area contributed by atoms with E-state index in [1.165, 1.54) is 0 Å². The molecule has 70 valence electrons. The summed E-state index contributed by atoms with van der Waals surface area (Å²) < 4.78 is -1.21. The number of nitrogens with two attached hydrogens (primary N) is 1. The van der Waals surface area contributed by atoms with Crippen LogP contribution in [-0.4, -0.2) is 14.6 Å². The van der Waals surface area contributed by atoms with E-state index in [2.05, 4.69) is 0 Å². The van der Waals surface area contributed by atoms with Gasteiger partial charge < -0.3 is 10.8 Å². The lowest BCUT2D eigenvalue weighted by Crippen LogP contribution is -2.43. The number of hydrogen-bond acceptors (Lipinski definition) is 2. The minimum Gasteiger partial charge on any atom is -0.479 e. The second-order valence-corrected chi connectivity index (χ2v) is 4.75. The van der Waals surface area contributed by atoms with Crippen molar-refractivity contribution in [3.05, 3.63) is 35.9 Å². The normalized spacial score (nSPS) is 14.9. The molecule has 4 heteroatoms. The molecule has 0 radical (unpaired) electrons. The molecule has 1 aromatic rings. The highest BCUT2D eigenvalue weighted by molar-refractivity contribution is 14.1. The molecule has 3 N–H and O–H groups in total. The van der Waals surface area contributed by atoms with Crippen LogP contribution in [-0.2, 0) is 11.2 Å². The maximum atomic E-state index is 10.7. The molecule has 0 heterocycles. The standard InChI is InChI=1S/C9H10INO2/c10-9(11,8(12)13)6-7-4-2-1-3-5-7/h1-5H,6,11H2,(H,12,13). The first-order valence-electron chi connectivity index (χ1n) is 3.77. The molecule has 0 aromatic heterocycles. The number of rotatable bonds is 3. The van der Waals surface area contributed by atoms with Gasteiger partial charge in [0.1, 0.15) is 0 Å². The first kappa shape index (κ1) is 10.5. The van der Waals surface area contributed by atoms with E-state index in [1.807, 2.05) is 30.3 Å². The molecule has 0 aliphatic heterocycles. The predicted molar refractivity (Wildman–Crippen MR) is 58.7 cm³/mol. The minimum absolute atomic E-state index is 0.337. The van der Waals surface area contributed by atoms with Crippen LogP contribution in [0.2, 0.25) is 0 Å². The monoisotopic (exact) mass is 291 g/mol. The van der Waals surface area contributed by atoms with E-state index in [-0.39, 0.29) is 0 Å². The number of carboxylic acid groups (broad SMARTS) is 1. The van der Waals surface area contributed by atoms with Gasteiger partial charge in [0.05, 0.1) is 0 Å². The Hall–Kier alpha value is -0.620. The van der Waals surface area contributed by atoms with E-state index >= 15 is 0 Å². The van der Waals surface area contributed by atoms with E-state index < -0.39 is 9.51 Å². The molecule has 0 fully saturated rings. The Bertz CT molecular complexity index is 298. The van der Waals surface area contributed by atoms with E-state index in [0.29, 0.717) is 6.42 Å². The molecule has 0 spiro atoms. The van der Waals surface area contributed by atoms with Crippen molar-refractivity contribution in [2.45, 2.75) is 9.97 Å². The van der Waals surface area contributed by atoms with Crippen LogP contribution in [0.5, 0.6) is 0 Å². The number of aliphatic carboxylic acids is 1. The van der Waals surface area contributed by atoms with Gasteiger partial charge in [-0.3, -0.25) is 0 Å². The third kappa shape index (κ3) is 2.96. The predicted octanol–water partition coefficient (Wildman–Crippen LogP) is 1.40. The van der Waals surface area contributed by atoms with Crippen LogP contribution >= 0.6 is 22.6 Å². The van der Waals surface area contributed by atoms with Gasteiger partial charge >= 0.3 is 5.97 Å². The highest BCUT2D eigenvalue weighted by atomic mass is 127. The fourth-order valence-corrected chi connectivity index (χ4v) is 1.41. The largest absolute Gasteiger partial charge is 0.479 e. The average Bonchev–Trinajstić information content (AvgIpc) is 2.05. The highest BCUT2D eigenvalue weighted by Crippen LogP contribution is 2.18. The van der Waals surface area contributed by atoms with Crippen molar-refractivity contribution in [3.63, 3.8) is 0 Å². The maximum Gasteiger partial charge on any atom is 0.334 e. The van der Waals surface area contributed by atoms with Gasteiger partial charge in [-0.15, -0.1) is 0 Å². The van der Waals surface area contributed by atoms with Gasteiger partial charge in [0, 0.05) is 6.42 Å². The molecule has 0 amide bonds. The lowest BCUT2D eigenvalue weighted by molar-refractivity contribution is -0.139. The second-order valence-electron chi connectivity index (χ2n) is 2.83. The van der Waals surface area contributed by atoms with Crippen LogP contribution in [0, 0.1) is 0 Å². The highest BCUT2D eigenvalue weighted by Gasteiger charge is 2.30. The SMILES string of the molecule is NC(I)(Cc1ccccc1)C(=O)O. The number of alkyl halides is 1. The Balaban J connectivity index is 2.75. The zero-order chi connectivity index (χ0) is 9.90. The van der Waals surface area contributed by atoms with Gasteiger partial charge in [0.25, 0.3) is 0 Å². The number of carboxylic acids is 1. The molecule has 1 atom stereocenters. The topological polar surface area (TPSA) is 63.3 Å². The van der Waals surface area contributed by atoms with Crippen molar-refractivity contribution in [2.24, 2.45) is 5.73 Å². The van der Waals surface area contributed by atoms with Crippen LogP contribution in [0.25, 0.3) is 0 Å². The molecular formula is C9H10INO2. The van der Waals surface area contributed by atoms with E-state index in [0.717, 1.165) is 5.56 Å². The van der Waals surface area contributed by atoms with Crippen LogP contribution in [0.1, 0.15) is 5.56 Å². The number of carbonyl (C=O) groups is 1. The molecule has 0 aliphatic rings. The van der Waals surface area contributed by atoms with Gasteiger partial charge in [-0.1, -0.05) is 30.3 Å². The molecule has 0 saturated heterocycles. The Kier molecular flexibility index (Phi) is 3.27. The quantitative estimate of drug-likeness (QED) is 0.503. The summed E-state index contributed by atoms with van der Waals surface area (Å²) >= 11 is 1.75. The van der Waals surface area contributed by atoms with Crippen molar-refractivity contribution in [3.8, 4) is 0 Å². The lowest BCUT2D eigenvalue weighted by Gasteiger charge is -2.16. The molecule has 0 saturated carbocycles. The van der Waals surface area contributed by atoms with Crippen molar-refractivity contribution in [1.29, 1.82) is 0 Å². The fourth-order valence-electron chi connectivity index (χ4n) is 0.969. The molecule has 0 bridgehead atoms. The van der Waals surface area contributed by atoms with Crippen molar-refractivity contribution >= 4 is 28.6 Å². The number of halogens is 1. The third-order valence-corrected chi connectivity index (χ3v) is 2.50. The summed E-state index contributed by atoms with van der Waals surface area (Å²) in [6.07, 6.45) is 0.337. The Morgan fingerprint density at radius 2 is 2.00 bits per heavy atom. The summed E-state index contributed by atoms with van der Waals surface area (Å²) in [5.74, 6) is -0.989. The van der Waals surface area contributed by atoms with E-state index in [4.69, 9.17) is 10.8 Å². The molecule has 3 nitrogen and oxygen atoms in total. The van der Waals surface area contributed by atoms with E-state index in [9.17, 15) is 4.79 Å². The number of benzene rings is 1. The fraction of sp³-hybridized carbons (Fsp3) is 0.222. The number of hydrogen-bond donors (Lipinski definition) is 2. The summed E-state index contributed by atoms with van der Waals surface area (Å²) in [6.45, 7) is 0. The molecule has 0 aliphatic carbocycles. The van der Waals surface area contributed by atoms with E-state index in [1.54, 1.807) is 22.6 Å². The summed E-state index contributed by atoms with van der Waals surface area (Å²) in [7, 11) is 0. The zero-order valence-electron chi connectivity index (χ0n) is 6.90. The first-order valence-corrected chi connectivity index (χ1v) is 4.85. The third-order valence-electron chi connectivity index (χ3n) is 1.66. The minimum atomic E-state index is -1.21. The second kappa shape index (κ2) is 4.06. The van der Waals surface area contributed by atoms with Crippen LogP contribution < -0.4 is 5.73 Å². The molecule has 13 heavy (non-hydrogen) atoms. The van der Waals surface area contributed by atoms with Crippen molar-refractivity contribution in [2.75, 3.05) is 0 Å². The molecular weight excluding hydrogens is 281 g/mol. The van der Waals surface area contributed by atoms with Crippen LogP contribution in [0.3, 0.4) is 0 Å². The summed E-state index contributed by atoms with van der Waals surface area (Å²) in [5, 5.41) is 8.77. The Morgan fingerprint density at radius 1 is 1.46 bits per heavy atom. The maximum absolute atomic E-state index is 10.7. The van der Waals surface area contributed by atoms with Gasteiger partial charge in [0.15, 0.2) is 3.55 Å². The first-order chi connectivity index (χ1) is 6.02. The Labute approximate surface area is 90.1 Å². The summed E-state index contributed by atoms with van der Waals surface area (Å²) in [6, 6.07) is 9.34. The van der Waals surface area contributed by atoms with Crippen molar-refractivity contribution in [1.82, 2.24) is 0 Å². The molecule has 1 aromatic carbocycles. The van der Waals surface area contributed by atoms with Gasteiger partial charge in [-0.25, -0.2) is 4.79 Å². The lowest BCUT2D eigenvalue weighted by atomic mass is 10.1. The van der Waals surface area contributed by atoms with Crippen LogP contribution in [0.15, 0.2) is 30.3 Å².